The third-order valence-electron chi connectivity index (χ3n) is 3.26. The molecule has 1 rings (SSSR count). The standard InChI is InChI=1S/C11H21N3O3S/c1-5-11(12,6-2)7-13-18(15,16)10-8(3)14-17-9(10)4/h13H,5-7,12H2,1-4H3. The van der Waals surface area contributed by atoms with Gasteiger partial charge in [-0.05, 0) is 26.7 Å². The van der Waals surface area contributed by atoms with Crippen LogP contribution in [0.3, 0.4) is 0 Å². The van der Waals surface area contributed by atoms with E-state index in [4.69, 9.17) is 10.3 Å². The van der Waals surface area contributed by atoms with Crippen LogP contribution in [0.4, 0.5) is 0 Å². The molecule has 18 heavy (non-hydrogen) atoms. The molecule has 0 amide bonds. The van der Waals surface area contributed by atoms with Crippen molar-refractivity contribution in [2.75, 3.05) is 6.54 Å². The van der Waals surface area contributed by atoms with E-state index in [0.29, 0.717) is 18.5 Å². The smallest absolute Gasteiger partial charge is 0.246 e. The average Bonchev–Trinajstić information content (AvgIpc) is 2.67. The second-order valence-electron chi connectivity index (χ2n) is 4.55. The maximum atomic E-state index is 12.1. The zero-order valence-corrected chi connectivity index (χ0v) is 12.1. The van der Waals surface area contributed by atoms with Gasteiger partial charge >= 0.3 is 0 Å². The van der Waals surface area contributed by atoms with Crippen LogP contribution < -0.4 is 10.5 Å². The Morgan fingerprint density at radius 1 is 1.33 bits per heavy atom. The van der Waals surface area contributed by atoms with E-state index in [-0.39, 0.29) is 17.2 Å². The number of hydrogen-bond acceptors (Lipinski definition) is 5. The lowest BCUT2D eigenvalue weighted by Crippen LogP contribution is -2.49. The predicted molar refractivity (Wildman–Crippen MR) is 68.7 cm³/mol. The van der Waals surface area contributed by atoms with Gasteiger partial charge in [0.15, 0.2) is 5.76 Å². The van der Waals surface area contributed by atoms with Gasteiger partial charge in [0.25, 0.3) is 0 Å². The summed E-state index contributed by atoms with van der Waals surface area (Å²) in [4.78, 5) is 0.108. The van der Waals surface area contributed by atoms with E-state index in [1.807, 2.05) is 13.8 Å². The molecule has 0 bridgehead atoms. The van der Waals surface area contributed by atoms with Gasteiger partial charge in [0.05, 0.1) is 0 Å². The third kappa shape index (κ3) is 3.09. The summed E-state index contributed by atoms with van der Waals surface area (Å²) in [5.41, 5.74) is 5.90. The van der Waals surface area contributed by atoms with Gasteiger partial charge in [-0.25, -0.2) is 13.1 Å². The van der Waals surface area contributed by atoms with E-state index < -0.39 is 15.6 Å². The number of nitrogens with zero attached hydrogens (tertiary/aromatic N) is 1. The molecule has 7 heteroatoms. The Bertz CT molecular complexity index is 484. The van der Waals surface area contributed by atoms with Gasteiger partial charge in [-0.1, -0.05) is 19.0 Å². The van der Waals surface area contributed by atoms with Crippen LogP contribution in [0, 0.1) is 13.8 Å². The Morgan fingerprint density at radius 3 is 2.28 bits per heavy atom. The summed E-state index contributed by atoms with van der Waals surface area (Å²) in [7, 11) is -3.62. The Balaban J connectivity index is 2.91. The van der Waals surface area contributed by atoms with E-state index in [2.05, 4.69) is 9.88 Å². The number of rotatable bonds is 6. The van der Waals surface area contributed by atoms with Gasteiger partial charge in [-0.3, -0.25) is 0 Å². The molecule has 0 fully saturated rings. The molecule has 0 aliphatic rings. The largest absolute Gasteiger partial charge is 0.360 e. The number of nitrogens with two attached hydrogens (primary N) is 1. The van der Waals surface area contributed by atoms with Gasteiger partial charge in [0, 0.05) is 12.1 Å². The van der Waals surface area contributed by atoms with Crippen molar-refractivity contribution >= 4 is 10.0 Å². The summed E-state index contributed by atoms with van der Waals surface area (Å²) >= 11 is 0. The SMILES string of the molecule is CCC(N)(CC)CNS(=O)(=O)c1c(C)noc1C. The van der Waals surface area contributed by atoms with Gasteiger partial charge in [-0.2, -0.15) is 0 Å². The van der Waals surface area contributed by atoms with Crippen LogP contribution in [0.15, 0.2) is 9.42 Å². The molecular formula is C11H21N3O3S. The van der Waals surface area contributed by atoms with Gasteiger partial charge < -0.3 is 10.3 Å². The second kappa shape index (κ2) is 5.38. The number of nitrogens with one attached hydrogen (secondary N) is 1. The molecule has 0 radical (unpaired) electrons. The predicted octanol–water partition coefficient (Wildman–Crippen LogP) is 1.09. The van der Waals surface area contributed by atoms with Crippen LogP contribution in [-0.2, 0) is 10.0 Å². The Labute approximate surface area is 108 Å². The first-order valence-corrected chi connectivity index (χ1v) is 7.45. The maximum absolute atomic E-state index is 12.1. The van der Waals surface area contributed by atoms with Crippen molar-refractivity contribution in [2.45, 2.75) is 51.0 Å². The van der Waals surface area contributed by atoms with Crippen LogP contribution in [0.5, 0.6) is 0 Å². The second-order valence-corrected chi connectivity index (χ2v) is 6.25. The molecular weight excluding hydrogens is 254 g/mol. The topological polar surface area (TPSA) is 98.2 Å². The molecule has 1 heterocycles. The molecule has 0 aliphatic heterocycles. The van der Waals surface area contributed by atoms with Crippen molar-refractivity contribution in [1.29, 1.82) is 0 Å². The first-order valence-electron chi connectivity index (χ1n) is 5.97. The molecule has 0 saturated heterocycles. The first kappa shape index (κ1) is 15.1. The zero-order chi connectivity index (χ0) is 14.0. The average molecular weight is 275 g/mol. The van der Waals surface area contributed by atoms with E-state index in [1.165, 1.54) is 0 Å². The van der Waals surface area contributed by atoms with Gasteiger partial charge in [0.2, 0.25) is 10.0 Å². The van der Waals surface area contributed by atoms with Crippen molar-refractivity contribution in [3.63, 3.8) is 0 Å². The highest BCUT2D eigenvalue weighted by Gasteiger charge is 2.28. The van der Waals surface area contributed by atoms with E-state index in [9.17, 15) is 8.42 Å². The maximum Gasteiger partial charge on any atom is 0.246 e. The quantitative estimate of drug-likeness (QED) is 0.809. The summed E-state index contributed by atoms with van der Waals surface area (Å²) in [5.74, 6) is 0.288. The van der Waals surface area contributed by atoms with Gasteiger partial charge in [-0.15, -0.1) is 0 Å². The van der Waals surface area contributed by atoms with Crippen molar-refractivity contribution < 1.29 is 12.9 Å². The van der Waals surface area contributed by atoms with Gasteiger partial charge in [0.1, 0.15) is 10.6 Å². The first-order chi connectivity index (χ1) is 8.25. The van der Waals surface area contributed by atoms with Crippen molar-refractivity contribution in [3.05, 3.63) is 11.5 Å². The van der Waals surface area contributed by atoms with Crippen LogP contribution in [0.2, 0.25) is 0 Å². The Hall–Kier alpha value is -0.920. The molecule has 0 spiro atoms. The lowest BCUT2D eigenvalue weighted by atomic mass is 9.95. The highest BCUT2D eigenvalue weighted by atomic mass is 32.2. The fourth-order valence-electron chi connectivity index (χ4n) is 1.67. The van der Waals surface area contributed by atoms with E-state index >= 15 is 0 Å². The molecule has 0 aliphatic carbocycles. The number of sulfonamides is 1. The summed E-state index contributed by atoms with van der Waals surface area (Å²) in [6.07, 6.45) is 1.40. The molecule has 3 N–H and O–H groups in total. The van der Waals surface area contributed by atoms with Crippen LogP contribution in [0.25, 0.3) is 0 Å². The Kier molecular flexibility index (Phi) is 4.52. The highest BCUT2D eigenvalue weighted by molar-refractivity contribution is 7.89. The molecule has 1 aromatic rings. The highest BCUT2D eigenvalue weighted by Crippen LogP contribution is 2.19. The lowest BCUT2D eigenvalue weighted by molar-refractivity contribution is 0.387. The summed E-state index contributed by atoms with van der Waals surface area (Å²) < 4.78 is 31.7. The number of aromatic nitrogens is 1. The molecule has 0 aromatic carbocycles. The minimum absolute atomic E-state index is 0.108. The van der Waals surface area contributed by atoms with Crippen LogP contribution >= 0.6 is 0 Å². The Morgan fingerprint density at radius 2 is 1.89 bits per heavy atom. The summed E-state index contributed by atoms with van der Waals surface area (Å²) in [6, 6.07) is 0. The summed E-state index contributed by atoms with van der Waals surface area (Å²) in [5, 5.41) is 3.64. The van der Waals surface area contributed by atoms with Crippen molar-refractivity contribution in [3.8, 4) is 0 Å². The van der Waals surface area contributed by atoms with Crippen LogP contribution in [0.1, 0.15) is 38.1 Å². The van der Waals surface area contributed by atoms with E-state index in [0.717, 1.165) is 0 Å². The molecule has 0 unspecified atom stereocenters. The normalized spacial score (nSPS) is 12.9. The van der Waals surface area contributed by atoms with Crippen molar-refractivity contribution in [2.24, 2.45) is 5.73 Å². The molecule has 1 aromatic heterocycles. The summed E-state index contributed by atoms with van der Waals surface area (Å²) in [6.45, 7) is 7.25. The van der Waals surface area contributed by atoms with E-state index in [1.54, 1.807) is 13.8 Å². The molecule has 104 valence electrons. The molecule has 0 atom stereocenters. The fraction of sp³-hybridized carbons (Fsp3) is 0.727. The number of hydrogen-bond donors (Lipinski definition) is 2. The fourth-order valence-corrected chi connectivity index (χ4v) is 3.13. The van der Waals surface area contributed by atoms with Crippen molar-refractivity contribution in [1.82, 2.24) is 9.88 Å². The number of aryl methyl sites for hydroxylation is 2. The minimum Gasteiger partial charge on any atom is -0.360 e. The monoisotopic (exact) mass is 275 g/mol. The molecule has 0 saturated carbocycles. The third-order valence-corrected chi connectivity index (χ3v) is 4.90. The zero-order valence-electron chi connectivity index (χ0n) is 11.3. The molecule has 6 nitrogen and oxygen atoms in total. The minimum atomic E-state index is -3.62. The lowest BCUT2D eigenvalue weighted by Gasteiger charge is -2.26. The van der Waals surface area contributed by atoms with Crippen LogP contribution in [-0.4, -0.2) is 25.7 Å².